The van der Waals surface area contributed by atoms with Crippen molar-refractivity contribution in [2.45, 2.75) is 6.42 Å². The van der Waals surface area contributed by atoms with Gasteiger partial charge in [-0.3, -0.25) is 14.1 Å². The minimum atomic E-state index is 0.174. The summed E-state index contributed by atoms with van der Waals surface area (Å²) in [4.78, 5) is 19.9. The van der Waals surface area contributed by atoms with Gasteiger partial charge in [-0.05, 0) is 36.8 Å². The first-order chi connectivity index (χ1) is 16.2. The van der Waals surface area contributed by atoms with Crippen LogP contribution in [-0.4, -0.2) is 75.1 Å². The number of piperazine rings is 1. The molecule has 1 aromatic carbocycles. The van der Waals surface area contributed by atoms with E-state index < -0.39 is 0 Å². The van der Waals surface area contributed by atoms with Crippen molar-refractivity contribution in [1.29, 1.82) is 0 Å². The summed E-state index contributed by atoms with van der Waals surface area (Å²) in [5, 5.41) is 7.71. The Morgan fingerprint density at radius 1 is 1.12 bits per heavy atom. The van der Waals surface area contributed by atoms with Crippen LogP contribution in [0.25, 0.3) is 17.0 Å². The molecule has 0 bridgehead atoms. The van der Waals surface area contributed by atoms with Gasteiger partial charge in [0.15, 0.2) is 0 Å². The average molecular weight is 448 g/mol. The van der Waals surface area contributed by atoms with Crippen LogP contribution in [0.5, 0.6) is 17.4 Å². The topological polar surface area (TPSA) is 98.2 Å². The molecule has 1 fully saturated rings. The molecule has 10 heteroatoms. The highest BCUT2D eigenvalue weighted by Gasteiger charge is 2.20. The smallest absolute Gasteiger partial charge is 0.247 e. The highest BCUT2D eigenvalue weighted by Crippen LogP contribution is 2.29. The number of ether oxygens (including phenoxy) is 2. The number of amides is 1. The van der Waals surface area contributed by atoms with Crippen molar-refractivity contribution in [2.75, 3.05) is 39.8 Å². The molecule has 0 radical (unpaired) electrons. The van der Waals surface area contributed by atoms with Crippen molar-refractivity contribution in [3.8, 4) is 28.8 Å². The van der Waals surface area contributed by atoms with Gasteiger partial charge in [0.1, 0.15) is 17.8 Å². The number of hydrogen-bond acceptors (Lipinski definition) is 8. The molecule has 0 aliphatic carbocycles. The number of benzene rings is 1. The molecule has 10 nitrogen and oxygen atoms in total. The molecule has 1 saturated heterocycles. The quantitative estimate of drug-likeness (QED) is 0.380. The SMILES string of the molecule is CN1CCN(CCCOc2ccc(Oc3cc(-c4nnco4)cc4cncn34)cc2)CC1=O. The Morgan fingerprint density at radius 2 is 1.97 bits per heavy atom. The van der Waals surface area contributed by atoms with Crippen molar-refractivity contribution >= 4 is 11.4 Å². The second kappa shape index (κ2) is 9.29. The molecule has 33 heavy (non-hydrogen) atoms. The number of fused-ring (bicyclic) bond motifs is 1. The standard InChI is InChI=1S/C23H24N6O4/c1-27-8-9-28(14-21(27)30)7-2-10-31-19-3-5-20(6-4-19)33-22-12-17(23-26-25-16-32-23)11-18-13-24-15-29(18)22/h3-6,11-13,15-16H,2,7-10,14H2,1H3. The molecule has 0 saturated carbocycles. The van der Waals surface area contributed by atoms with E-state index in [2.05, 4.69) is 20.1 Å². The third kappa shape index (κ3) is 4.80. The molecule has 0 atom stereocenters. The Morgan fingerprint density at radius 3 is 2.76 bits per heavy atom. The van der Waals surface area contributed by atoms with Crippen LogP contribution in [0, 0.1) is 0 Å². The summed E-state index contributed by atoms with van der Waals surface area (Å²) >= 11 is 0. The van der Waals surface area contributed by atoms with E-state index in [-0.39, 0.29) is 5.91 Å². The second-order valence-electron chi connectivity index (χ2n) is 7.88. The fourth-order valence-corrected chi connectivity index (χ4v) is 3.70. The summed E-state index contributed by atoms with van der Waals surface area (Å²) < 4.78 is 19.1. The maximum atomic E-state index is 11.8. The van der Waals surface area contributed by atoms with E-state index in [1.54, 1.807) is 17.4 Å². The van der Waals surface area contributed by atoms with Crippen LogP contribution in [0.2, 0.25) is 0 Å². The van der Waals surface area contributed by atoms with Gasteiger partial charge in [0.05, 0.1) is 24.9 Å². The molecule has 0 spiro atoms. The summed E-state index contributed by atoms with van der Waals surface area (Å²) in [6, 6.07) is 11.2. The van der Waals surface area contributed by atoms with Gasteiger partial charge < -0.3 is 18.8 Å². The van der Waals surface area contributed by atoms with Gasteiger partial charge in [-0.1, -0.05) is 0 Å². The number of imidazole rings is 1. The van der Waals surface area contributed by atoms with Crippen LogP contribution >= 0.6 is 0 Å². The lowest BCUT2D eigenvalue weighted by Crippen LogP contribution is -2.48. The zero-order valence-electron chi connectivity index (χ0n) is 18.3. The minimum absolute atomic E-state index is 0.174. The molecule has 3 aromatic heterocycles. The maximum absolute atomic E-state index is 11.8. The van der Waals surface area contributed by atoms with Crippen molar-refractivity contribution in [1.82, 2.24) is 29.4 Å². The lowest BCUT2D eigenvalue weighted by atomic mass is 10.2. The van der Waals surface area contributed by atoms with Crippen LogP contribution in [0.1, 0.15) is 6.42 Å². The fourth-order valence-electron chi connectivity index (χ4n) is 3.70. The molecule has 170 valence electrons. The zero-order chi connectivity index (χ0) is 22.6. The minimum Gasteiger partial charge on any atom is -0.494 e. The van der Waals surface area contributed by atoms with Crippen LogP contribution in [0.15, 0.2) is 59.7 Å². The van der Waals surface area contributed by atoms with Crippen LogP contribution < -0.4 is 9.47 Å². The third-order valence-electron chi connectivity index (χ3n) is 5.56. The van der Waals surface area contributed by atoms with Gasteiger partial charge in [0.2, 0.25) is 24.1 Å². The van der Waals surface area contributed by atoms with Gasteiger partial charge in [-0.15, -0.1) is 10.2 Å². The van der Waals surface area contributed by atoms with E-state index in [0.717, 1.165) is 42.9 Å². The van der Waals surface area contributed by atoms with Crippen LogP contribution in [0.4, 0.5) is 0 Å². The van der Waals surface area contributed by atoms with Crippen molar-refractivity contribution in [3.63, 3.8) is 0 Å². The molecule has 1 aliphatic heterocycles. The third-order valence-corrected chi connectivity index (χ3v) is 5.56. The second-order valence-corrected chi connectivity index (χ2v) is 7.88. The fraction of sp³-hybridized carbons (Fsp3) is 0.304. The Balaban J connectivity index is 1.18. The van der Waals surface area contributed by atoms with E-state index in [1.807, 2.05) is 47.8 Å². The molecule has 5 rings (SSSR count). The van der Waals surface area contributed by atoms with Crippen molar-refractivity contribution in [2.24, 2.45) is 0 Å². The molecule has 4 aromatic rings. The predicted molar refractivity (Wildman–Crippen MR) is 119 cm³/mol. The van der Waals surface area contributed by atoms with Crippen molar-refractivity contribution < 1.29 is 18.7 Å². The monoisotopic (exact) mass is 448 g/mol. The first-order valence-electron chi connectivity index (χ1n) is 10.8. The number of carbonyl (C=O) groups is 1. The first kappa shape index (κ1) is 21.0. The number of aromatic nitrogens is 4. The van der Waals surface area contributed by atoms with Crippen molar-refractivity contribution in [3.05, 3.63) is 55.3 Å². The highest BCUT2D eigenvalue weighted by atomic mass is 16.5. The Kier molecular flexibility index (Phi) is 5.90. The van der Waals surface area contributed by atoms with Gasteiger partial charge in [-0.2, -0.15) is 0 Å². The molecule has 0 unspecified atom stereocenters. The van der Waals surface area contributed by atoms with E-state index in [1.165, 1.54) is 6.39 Å². The first-order valence-corrected chi connectivity index (χ1v) is 10.8. The average Bonchev–Trinajstić information content (AvgIpc) is 3.52. The van der Waals surface area contributed by atoms with Crippen LogP contribution in [0.3, 0.4) is 0 Å². The predicted octanol–water partition coefficient (Wildman–Crippen LogP) is 2.72. The number of carbonyl (C=O) groups excluding carboxylic acids is 1. The van der Waals surface area contributed by atoms with E-state index >= 15 is 0 Å². The summed E-state index contributed by atoms with van der Waals surface area (Å²) in [7, 11) is 1.85. The lowest BCUT2D eigenvalue weighted by molar-refractivity contribution is -0.134. The highest BCUT2D eigenvalue weighted by molar-refractivity contribution is 5.78. The molecule has 1 amide bonds. The van der Waals surface area contributed by atoms with Gasteiger partial charge in [0, 0.05) is 38.3 Å². The summed E-state index contributed by atoms with van der Waals surface area (Å²) in [5.74, 6) is 2.59. The molecule has 0 N–H and O–H groups in total. The van der Waals surface area contributed by atoms with Gasteiger partial charge in [0.25, 0.3) is 0 Å². The number of likely N-dealkylation sites (N-methyl/N-ethyl adjacent to an activating group) is 1. The van der Waals surface area contributed by atoms with Crippen LogP contribution in [-0.2, 0) is 4.79 Å². The Bertz CT molecular complexity index is 1220. The maximum Gasteiger partial charge on any atom is 0.247 e. The lowest BCUT2D eigenvalue weighted by Gasteiger charge is -2.31. The Hall–Kier alpha value is -3.92. The normalized spacial score (nSPS) is 14.7. The summed E-state index contributed by atoms with van der Waals surface area (Å²) in [5.41, 5.74) is 1.60. The number of nitrogens with zero attached hydrogens (tertiary/aromatic N) is 6. The van der Waals surface area contributed by atoms with E-state index in [4.69, 9.17) is 13.9 Å². The Labute approximate surface area is 190 Å². The molecule has 1 aliphatic rings. The molecule has 4 heterocycles. The largest absolute Gasteiger partial charge is 0.494 e. The van der Waals surface area contributed by atoms with E-state index in [9.17, 15) is 4.79 Å². The van der Waals surface area contributed by atoms with E-state index in [0.29, 0.717) is 30.7 Å². The molecular weight excluding hydrogens is 424 g/mol. The van der Waals surface area contributed by atoms with Gasteiger partial charge >= 0.3 is 0 Å². The van der Waals surface area contributed by atoms with Gasteiger partial charge in [-0.25, -0.2) is 4.98 Å². The summed E-state index contributed by atoms with van der Waals surface area (Å²) in [6.45, 7) is 3.61. The zero-order valence-corrected chi connectivity index (χ0v) is 18.3. The number of hydrogen-bond donors (Lipinski definition) is 0. The number of pyridine rings is 1. The number of rotatable bonds is 8. The summed E-state index contributed by atoms with van der Waals surface area (Å²) in [6.07, 6.45) is 5.57. The molecular formula is C23H24N6O4.